The van der Waals surface area contributed by atoms with E-state index in [2.05, 4.69) is 134 Å². The van der Waals surface area contributed by atoms with Crippen molar-refractivity contribution < 1.29 is 4.57 Å². The Morgan fingerprint density at radius 3 is 1.29 bits per heavy atom. The van der Waals surface area contributed by atoms with Crippen molar-refractivity contribution in [2.75, 3.05) is 4.90 Å². The van der Waals surface area contributed by atoms with Gasteiger partial charge in [-0.2, -0.15) is 0 Å². The third-order valence-corrected chi connectivity index (χ3v) is 12.8. The smallest absolute Gasteiger partial charge is 0.171 e. The normalized spacial score (nSPS) is 13.4. The highest BCUT2D eigenvalue weighted by atomic mass is 31.2. The lowest BCUT2D eigenvalue weighted by Crippen LogP contribution is -2.31. The molecule has 0 aromatic heterocycles. The van der Waals surface area contributed by atoms with Crippen molar-refractivity contribution in [2.24, 2.45) is 0 Å². The highest BCUT2D eigenvalue weighted by Crippen LogP contribution is 2.54. The second kappa shape index (κ2) is 12.0. The fourth-order valence-electron chi connectivity index (χ4n) is 7.19. The number of rotatable bonds is 6. The van der Waals surface area contributed by atoms with Crippen LogP contribution in [0.4, 0.5) is 17.1 Å². The Kier molecular flexibility index (Phi) is 7.47. The summed E-state index contributed by atoms with van der Waals surface area (Å²) in [6.07, 6.45) is 0. The van der Waals surface area contributed by atoms with E-state index >= 15 is 4.57 Å². The lowest BCUT2D eigenvalue weighted by atomic mass is 9.72. The zero-order valence-electron chi connectivity index (χ0n) is 27.1. The standard InChI is InChI=1S/C45H36NOP/c1-45(2)41-30-35(33-16-7-3-8-17-33)26-28-43(41)46(44-29-27-36(31-42(44)45)34-18-9-4-10-19-34)37-20-15-25-40(32-37)48(47,38-21-11-5-12-22-38)39-23-13-6-14-24-39/h3-32H,1-2H3. The Morgan fingerprint density at radius 2 is 0.833 bits per heavy atom. The van der Waals surface area contributed by atoms with Gasteiger partial charge in [0.1, 0.15) is 0 Å². The SMILES string of the molecule is CC1(C)c2cc(-c3ccccc3)ccc2N(c2cccc(P(=O)(c3ccccc3)c3ccccc3)c2)c2ccc(-c3ccccc3)cc21. The summed E-state index contributed by atoms with van der Waals surface area (Å²) in [5.41, 5.74) is 10.2. The first-order valence-corrected chi connectivity index (χ1v) is 18.2. The molecule has 1 heterocycles. The van der Waals surface area contributed by atoms with Crippen molar-refractivity contribution in [2.45, 2.75) is 19.3 Å². The summed E-state index contributed by atoms with van der Waals surface area (Å²) in [7, 11) is -3.17. The van der Waals surface area contributed by atoms with Gasteiger partial charge in [0.25, 0.3) is 0 Å². The van der Waals surface area contributed by atoms with E-state index in [4.69, 9.17) is 0 Å². The molecular formula is C45H36NOP. The van der Waals surface area contributed by atoms with Gasteiger partial charge in [0.15, 0.2) is 7.14 Å². The molecule has 0 atom stereocenters. The van der Waals surface area contributed by atoms with Gasteiger partial charge in [-0.3, -0.25) is 0 Å². The summed E-state index contributed by atoms with van der Waals surface area (Å²) in [4.78, 5) is 2.36. The summed E-state index contributed by atoms with van der Waals surface area (Å²) in [5.74, 6) is 0. The lowest BCUT2D eigenvalue weighted by Gasteiger charge is -2.42. The molecule has 232 valence electrons. The highest BCUT2D eigenvalue weighted by molar-refractivity contribution is 7.85. The Labute approximate surface area is 283 Å². The van der Waals surface area contributed by atoms with Crippen molar-refractivity contribution in [1.29, 1.82) is 0 Å². The monoisotopic (exact) mass is 637 g/mol. The minimum absolute atomic E-state index is 0.280. The van der Waals surface area contributed by atoms with Crippen molar-refractivity contribution in [3.8, 4) is 22.3 Å². The minimum Gasteiger partial charge on any atom is -0.310 e. The maximum absolute atomic E-state index is 15.4. The van der Waals surface area contributed by atoms with Crippen molar-refractivity contribution in [3.63, 3.8) is 0 Å². The molecule has 7 aromatic rings. The predicted octanol–water partition coefficient (Wildman–Crippen LogP) is 10.8. The molecule has 7 aromatic carbocycles. The number of fused-ring (bicyclic) bond motifs is 2. The van der Waals surface area contributed by atoms with Crippen LogP contribution in [-0.4, -0.2) is 0 Å². The van der Waals surface area contributed by atoms with Gasteiger partial charge >= 0.3 is 0 Å². The fourth-order valence-corrected chi connectivity index (χ4v) is 9.88. The zero-order chi connectivity index (χ0) is 32.7. The first-order chi connectivity index (χ1) is 23.4. The largest absolute Gasteiger partial charge is 0.310 e. The molecule has 1 aliphatic rings. The van der Waals surface area contributed by atoms with E-state index in [0.717, 1.165) is 33.0 Å². The first-order valence-electron chi connectivity index (χ1n) is 16.5. The van der Waals surface area contributed by atoms with Crippen LogP contribution in [0.2, 0.25) is 0 Å². The topological polar surface area (TPSA) is 20.3 Å². The summed E-state index contributed by atoms with van der Waals surface area (Å²) < 4.78 is 15.4. The van der Waals surface area contributed by atoms with Gasteiger partial charge < -0.3 is 9.46 Å². The van der Waals surface area contributed by atoms with E-state index in [0.29, 0.717) is 0 Å². The third-order valence-electron chi connectivity index (χ3n) is 9.73. The second-order valence-corrected chi connectivity index (χ2v) is 15.7. The van der Waals surface area contributed by atoms with Crippen LogP contribution in [0.25, 0.3) is 22.3 Å². The Morgan fingerprint density at radius 1 is 0.417 bits per heavy atom. The maximum atomic E-state index is 15.4. The minimum atomic E-state index is -3.17. The Balaban J connectivity index is 1.36. The third kappa shape index (κ3) is 5.01. The van der Waals surface area contributed by atoms with Crippen LogP contribution in [0, 0.1) is 0 Å². The van der Waals surface area contributed by atoms with Crippen LogP contribution in [0.3, 0.4) is 0 Å². The molecule has 0 unspecified atom stereocenters. The fraction of sp³-hybridized carbons (Fsp3) is 0.0667. The summed E-state index contributed by atoms with van der Waals surface area (Å²) in [5, 5.41) is 2.47. The van der Waals surface area contributed by atoms with Gasteiger partial charge in [-0.25, -0.2) is 0 Å². The molecule has 0 fully saturated rings. The van der Waals surface area contributed by atoms with Crippen LogP contribution in [0.1, 0.15) is 25.0 Å². The van der Waals surface area contributed by atoms with Crippen molar-refractivity contribution in [1.82, 2.24) is 0 Å². The number of nitrogens with zero attached hydrogens (tertiary/aromatic N) is 1. The molecule has 1 aliphatic heterocycles. The quantitative estimate of drug-likeness (QED) is 0.169. The molecule has 0 N–H and O–H groups in total. The summed E-state index contributed by atoms with van der Waals surface area (Å²) in [6, 6.07) is 63.1. The van der Waals surface area contributed by atoms with Gasteiger partial charge in [-0.15, -0.1) is 0 Å². The molecule has 0 amide bonds. The molecule has 0 saturated carbocycles. The van der Waals surface area contributed by atoms with Crippen LogP contribution in [0.15, 0.2) is 182 Å². The molecule has 0 saturated heterocycles. The molecular weight excluding hydrogens is 601 g/mol. The van der Waals surface area contributed by atoms with E-state index in [1.165, 1.54) is 33.4 Å². The van der Waals surface area contributed by atoms with E-state index in [-0.39, 0.29) is 5.41 Å². The molecule has 0 bridgehead atoms. The number of anilines is 3. The van der Waals surface area contributed by atoms with Gasteiger partial charge in [-0.05, 0) is 69.8 Å². The molecule has 0 spiro atoms. The summed E-state index contributed by atoms with van der Waals surface area (Å²) >= 11 is 0. The van der Waals surface area contributed by atoms with Crippen LogP contribution >= 0.6 is 7.14 Å². The Bertz CT molecular complexity index is 2140. The molecule has 3 heteroatoms. The first kappa shape index (κ1) is 29.9. The number of benzene rings is 7. The number of hydrogen-bond donors (Lipinski definition) is 0. The number of hydrogen-bond acceptors (Lipinski definition) is 2. The van der Waals surface area contributed by atoms with Gasteiger partial charge in [0.05, 0.1) is 11.4 Å². The van der Waals surface area contributed by atoms with Crippen LogP contribution in [-0.2, 0) is 9.98 Å². The maximum Gasteiger partial charge on any atom is 0.171 e. The zero-order valence-corrected chi connectivity index (χ0v) is 28.0. The molecule has 48 heavy (non-hydrogen) atoms. The highest BCUT2D eigenvalue weighted by Gasteiger charge is 2.38. The molecule has 2 nitrogen and oxygen atoms in total. The van der Waals surface area contributed by atoms with E-state index in [9.17, 15) is 0 Å². The second-order valence-electron chi connectivity index (χ2n) is 13.0. The van der Waals surface area contributed by atoms with Crippen LogP contribution in [0.5, 0.6) is 0 Å². The average molecular weight is 638 g/mol. The molecule has 0 aliphatic carbocycles. The van der Waals surface area contributed by atoms with Gasteiger partial charge in [0, 0.05) is 27.0 Å². The van der Waals surface area contributed by atoms with Crippen molar-refractivity contribution >= 4 is 40.1 Å². The Hall–Kier alpha value is -5.43. The van der Waals surface area contributed by atoms with E-state index in [1.54, 1.807) is 0 Å². The van der Waals surface area contributed by atoms with Gasteiger partial charge in [0.2, 0.25) is 0 Å². The lowest BCUT2D eigenvalue weighted by molar-refractivity contribution is 0.592. The molecule has 8 rings (SSSR count). The molecule has 0 radical (unpaired) electrons. The van der Waals surface area contributed by atoms with Crippen LogP contribution < -0.4 is 20.8 Å². The van der Waals surface area contributed by atoms with Gasteiger partial charge in [-0.1, -0.05) is 159 Å². The van der Waals surface area contributed by atoms with Crippen molar-refractivity contribution in [3.05, 3.63) is 193 Å². The summed E-state index contributed by atoms with van der Waals surface area (Å²) in [6.45, 7) is 4.67. The predicted molar refractivity (Wildman–Crippen MR) is 204 cm³/mol. The average Bonchev–Trinajstić information content (AvgIpc) is 3.16. The van der Waals surface area contributed by atoms with E-state index < -0.39 is 7.14 Å². The van der Waals surface area contributed by atoms with E-state index in [1.807, 2.05) is 66.7 Å².